The Morgan fingerprint density at radius 3 is 2.29 bits per heavy atom. The highest BCUT2D eigenvalue weighted by Gasteiger charge is 2.34. The molecule has 1 aliphatic carbocycles. The lowest BCUT2D eigenvalue weighted by molar-refractivity contribution is -0.130. The van der Waals surface area contributed by atoms with Gasteiger partial charge in [-0.15, -0.1) is 0 Å². The Balaban J connectivity index is 2.29. The summed E-state index contributed by atoms with van der Waals surface area (Å²) in [6.07, 6.45) is 5.22. The van der Waals surface area contributed by atoms with Crippen LogP contribution >= 0.6 is 0 Å². The topological polar surface area (TPSA) is 68.3 Å². The molecule has 1 aromatic carbocycles. The van der Waals surface area contributed by atoms with E-state index in [9.17, 15) is 19.2 Å². The van der Waals surface area contributed by atoms with E-state index in [0.29, 0.717) is 12.8 Å². The van der Waals surface area contributed by atoms with Gasteiger partial charge in [-0.05, 0) is 81.0 Å². The molecule has 0 spiro atoms. The van der Waals surface area contributed by atoms with E-state index < -0.39 is 0 Å². The summed E-state index contributed by atoms with van der Waals surface area (Å²) in [5.74, 6) is 0.556. The van der Waals surface area contributed by atoms with E-state index in [4.69, 9.17) is 0 Å². The van der Waals surface area contributed by atoms with E-state index in [1.165, 1.54) is 6.92 Å². The number of hydrogen-bond donors (Lipinski definition) is 0. The van der Waals surface area contributed by atoms with Crippen molar-refractivity contribution >= 4 is 23.1 Å². The second kappa shape index (κ2) is 11.0. The smallest absolute Gasteiger partial charge is 0.163 e. The van der Waals surface area contributed by atoms with Gasteiger partial charge in [-0.1, -0.05) is 32.8 Å². The third-order valence-corrected chi connectivity index (χ3v) is 6.85. The average Bonchev–Trinajstić information content (AvgIpc) is 2.65. The number of ketones is 4. The number of carbonyl (C=O) groups is 4. The van der Waals surface area contributed by atoms with Gasteiger partial charge in [0.05, 0.1) is 6.42 Å². The van der Waals surface area contributed by atoms with E-state index in [-0.39, 0.29) is 47.3 Å². The van der Waals surface area contributed by atoms with Crippen molar-refractivity contribution < 1.29 is 19.2 Å². The molecule has 0 amide bonds. The van der Waals surface area contributed by atoms with Crippen LogP contribution in [-0.4, -0.2) is 23.1 Å². The van der Waals surface area contributed by atoms with Gasteiger partial charge in [-0.25, -0.2) is 0 Å². The molecular weight excluding hydrogens is 388 g/mol. The Hall–Kier alpha value is -2.10. The predicted octanol–water partition coefficient (Wildman–Crippen LogP) is 5.56. The number of rotatable bonds is 11. The van der Waals surface area contributed by atoms with Crippen molar-refractivity contribution in [2.75, 3.05) is 0 Å². The molecule has 4 heteroatoms. The maximum absolute atomic E-state index is 13.2. The van der Waals surface area contributed by atoms with Crippen LogP contribution in [0.5, 0.6) is 0 Å². The van der Waals surface area contributed by atoms with Crippen LogP contribution in [0.1, 0.15) is 98.8 Å². The summed E-state index contributed by atoms with van der Waals surface area (Å²) in [4.78, 5) is 49.0. The molecule has 0 saturated heterocycles. The zero-order valence-electron chi connectivity index (χ0n) is 20.1. The second-order valence-electron chi connectivity index (χ2n) is 9.55. The van der Waals surface area contributed by atoms with Crippen molar-refractivity contribution in [1.29, 1.82) is 0 Å². The molecule has 3 atom stereocenters. The summed E-state index contributed by atoms with van der Waals surface area (Å²) in [6.45, 7) is 11.2. The lowest BCUT2D eigenvalue weighted by Crippen LogP contribution is -2.30. The third-order valence-electron chi connectivity index (χ3n) is 6.85. The van der Waals surface area contributed by atoms with Gasteiger partial charge in [-0.3, -0.25) is 19.2 Å². The van der Waals surface area contributed by atoms with E-state index in [1.807, 2.05) is 20.8 Å². The van der Waals surface area contributed by atoms with Crippen molar-refractivity contribution in [1.82, 2.24) is 0 Å². The van der Waals surface area contributed by atoms with Gasteiger partial charge in [0, 0.05) is 24.3 Å². The first-order chi connectivity index (χ1) is 14.6. The van der Waals surface area contributed by atoms with Gasteiger partial charge in [0.2, 0.25) is 0 Å². The molecule has 0 saturated carbocycles. The molecule has 0 aliphatic heterocycles. The number of hydrogen-bond acceptors (Lipinski definition) is 4. The highest BCUT2D eigenvalue weighted by molar-refractivity contribution is 6.01. The Labute approximate surface area is 187 Å². The van der Waals surface area contributed by atoms with Crippen molar-refractivity contribution in [3.8, 4) is 0 Å². The molecule has 3 unspecified atom stereocenters. The number of benzene rings is 1. The van der Waals surface area contributed by atoms with E-state index in [0.717, 1.165) is 59.9 Å². The Bertz CT molecular complexity index is 864. The lowest BCUT2D eigenvalue weighted by Gasteiger charge is -2.32. The van der Waals surface area contributed by atoms with Crippen molar-refractivity contribution in [2.45, 2.75) is 92.9 Å². The third kappa shape index (κ3) is 6.21. The normalized spacial score (nSPS) is 17.7. The first kappa shape index (κ1) is 25.2. The molecule has 0 N–H and O–H groups in total. The molecule has 0 bridgehead atoms. The molecular formula is C27H38O4. The van der Waals surface area contributed by atoms with Gasteiger partial charge in [-0.2, -0.15) is 0 Å². The minimum absolute atomic E-state index is 0.0163. The fourth-order valence-electron chi connectivity index (χ4n) is 5.51. The highest BCUT2D eigenvalue weighted by atomic mass is 16.1. The van der Waals surface area contributed by atoms with Crippen LogP contribution in [0.25, 0.3) is 0 Å². The lowest BCUT2D eigenvalue weighted by atomic mass is 9.71. The predicted molar refractivity (Wildman–Crippen MR) is 124 cm³/mol. The standard InChI is InChI=1S/C27H38O4/c1-7-9-21(23(8-2)25(30)12-18(5)29)13-20-14-24-16(3)10-22(11-17(4)28)19(6)27(24)26(31)15-20/h10,20-21,23H,7-9,11-15H2,1-6H3. The van der Waals surface area contributed by atoms with E-state index >= 15 is 0 Å². The molecule has 0 radical (unpaired) electrons. The average molecular weight is 427 g/mol. The number of fused-ring (bicyclic) bond motifs is 1. The first-order valence-corrected chi connectivity index (χ1v) is 11.8. The minimum atomic E-state index is -0.110. The Morgan fingerprint density at radius 2 is 1.74 bits per heavy atom. The summed E-state index contributed by atoms with van der Waals surface area (Å²) in [5.41, 5.74) is 4.93. The SMILES string of the molecule is CCCC(CC1CC(=O)c2c(C)c(CC(C)=O)cc(C)c2C1)C(CC)C(=O)CC(C)=O. The van der Waals surface area contributed by atoms with Crippen molar-refractivity contribution in [3.05, 3.63) is 33.9 Å². The molecule has 0 fully saturated rings. The summed E-state index contributed by atoms with van der Waals surface area (Å²) < 4.78 is 0. The van der Waals surface area contributed by atoms with Crippen LogP contribution in [-0.2, 0) is 27.2 Å². The molecule has 0 aromatic heterocycles. The van der Waals surface area contributed by atoms with E-state index in [1.54, 1.807) is 6.92 Å². The second-order valence-corrected chi connectivity index (χ2v) is 9.55. The van der Waals surface area contributed by atoms with Crippen molar-refractivity contribution in [3.63, 3.8) is 0 Å². The summed E-state index contributed by atoms with van der Waals surface area (Å²) in [6, 6.07) is 2.07. The first-order valence-electron chi connectivity index (χ1n) is 11.8. The fraction of sp³-hybridized carbons (Fsp3) is 0.630. The maximum atomic E-state index is 13.2. The van der Waals surface area contributed by atoms with Gasteiger partial charge in [0.1, 0.15) is 17.3 Å². The van der Waals surface area contributed by atoms with E-state index in [2.05, 4.69) is 13.0 Å². The van der Waals surface area contributed by atoms with Crippen LogP contribution in [0.4, 0.5) is 0 Å². The summed E-state index contributed by atoms with van der Waals surface area (Å²) >= 11 is 0. The van der Waals surface area contributed by atoms with Crippen molar-refractivity contribution in [2.24, 2.45) is 17.8 Å². The molecule has 2 rings (SSSR count). The number of carbonyl (C=O) groups excluding carboxylic acids is 4. The van der Waals surface area contributed by atoms with Gasteiger partial charge in [0.25, 0.3) is 0 Å². The number of aryl methyl sites for hydroxylation is 1. The Morgan fingerprint density at radius 1 is 1.06 bits per heavy atom. The van der Waals surface area contributed by atoms with Gasteiger partial charge >= 0.3 is 0 Å². The quantitative estimate of drug-likeness (QED) is 0.434. The van der Waals surface area contributed by atoms with Crippen LogP contribution < -0.4 is 0 Å². The molecule has 170 valence electrons. The molecule has 1 aromatic rings. The summed E-state index contributed by atoms with van der Waals surface area (Å²) in [7, 11) is 0. The van der Waals surface area contributed by atoms with Crippen LogP contribution in [0.15, 0.2) is 6.07 Å². The van der Waals surface area contributed by atoms with Gasteiger partial charge in [0.15, 0.2) is 5.78 Å². The molecule has 0 heterocycles. The molecule has 31 heavy (non-hydrogen) atoms. The van der Waals surface area contributed by atoms with Crippen LogP contribution in [0.2, 0.25) is 0 Å². The minimum Gasteiger partial charge on any atom is -0.300 e. The highest BCUT2D eigenvalue weighted by Crippen LogP contribution is 2.38. The zero-order chi connectivity index (χ0) is 23.3. The zero-order valence-corrected chi connectivity index (χ0v) is 20.1. The molecule has 4 nitrogen and oxygen atoms in total. The van der Waals surface area contributed by atoms with Crippen LogP contribution in [0, 0.1) is 31.6 Å². The fourth-order valence-corrected chi connectivity index (χ4v) is 5.51. The summed E-state index contributed by atoms with van der Waals surface area (Å²) in [5, 5.41) is 0. The largest absolute Gasteiger partial charge is 0.300 e. The maximum Gasteiger partial charge on any atom is 0.163 e. The molecule has 1 aliphatic rings. The Kier molecular flexibility index (Phi) is 8.90. The monoisotopic (exact) mass is 426 g/mol. The van der Waals surface area contributed by atoms with Crippen LogP contribution in [0.3, 0.4) is 0 Å². The number of Topliss-reactive ketones (excluding diaryl/α,β-unsaturated/α-hetero) is 4. The van der Waals surface area contributed by atoms with Gasteiger partial charge < -0.3 is 0 Å².